The van der Waals surface area contributed by atoms with Gasteiger partial charge in [0.2, 0.25) is 0 Å². The summed E-state index contributed by atoms with van der Waals surface area (Å²) in [5, 5.41) is 5.57. The van der Waals surface area contributed by atoms with Crippen LogP contribution in [0, 0.1) is 0 Å². The molecule has 0 fully saturated rings. The van der Waals surface area contributed by atoms with Gasteiger partial charge in [0, 0.05) is 22.8 Å². The average Bonchev–Trinajstić information content (AvgIpc) is 3.03. The minimum Gasteiger partial charge on any atom is -0.410 e. The van der Waals surface area contributed by atoms with Crippen molar-refractivity contribution in [2.24, 2.45) is 0 Å². The molecule has 0 radical (unpaired) electrons. The summed E-state index contributed by atoms with van der Waals surface area (Å²) in [6.45, 7) is 0. The fraction of sp³-hybridized carbons (Fsp3) is 0. The van der Waals surface area contributed by atoms with Crippen LogP contribution in [-0.2, 0) is 0 Å². The largest absolute Gasteiger partial charge is 0.417 e. The van der Waals surface area contributed by atoms with E-state index in [1.54, 1.807) is 29.7 Å². The summed E-state index contributed by atoms with van der Waals surface area (Å²) in [6, 6.07) is 16.4. The average molecular weight is 296 g/mol. The molecule has 0 saturated heterocycles. The number of thiazole rings is 1. The first-order chi connectivity index (χ1) is 10.3. The number of para-hydroxylation sites is 1. The summed E-state index contributed by atoms with van der Waals surface area (Å²) in [5.41, 5.74) is 1.70. The number of nitrogens with zero attached hydrogens (tertiary/aromatic N) is 1. The third-order valence-electron chi connectivity index (χ3n) is 2.76. The summed E-state index contributed by atoms with van der Waals surface area (Å²) in [4.78, 5) is 16.0. The van der Waals surface area contributed by atoms with E-state index >= 15 is 0 Å². The van der Waals surface area contributed by atoms with E-state index in [1.807, 2.05) is 47.8 Å². The Hall–Kier alpha value is -2.66. The Balaban J connectivity index is 1.64. The van der Waals surface area contributed by atoms with Gasteiger partial charge in [0.1, 0.15) is 10.8 Å². The predicted octanol–water partition coefficient (Wildman–Crippen LogP) is 4.42. The molecule has 0 aliphatic carbocycles. The predicted molar refractivity (Wildman–Crippen MR) is 83.6 cm³/mol. The molecule has 1 aromatic heterocycles. The maximum absolute atomic E-state index is 11.8. The highest BCUT2D eigenvalue weighted by Gasteiger charge is 2.05. The van der Waals surface area contributed by atoms with Crippen LogP contribution in [-0.4, -0.2) is 11.1 Å². The van der Waals surface area contributed by atoms with Crippen molar-refractivity contribution >= 4 is 23.1 Å². The van der Waals surface area contributed by atoms with E-state index < -0.39 is 6.09 Å². The Morgan fingerprint density at radius 2 is 1.81 bits per heavy atom. The van der Waals surface area contributed by atoms with Gasteiger partial charge in [0.05, 0.1) is 0 Å². The van der Waals surface area contributed by atoms with Gasteiger partial charge >= 0.3 is 6.09 Å². The highest BCUT2D eigenvalue weighted by atomic mass is 32.1. The number of carbonyl (C=O) groups is 1. The number of carbonyl (C=O) groups excluding carboxylic acids is 1. The Morgan fingerprint density at radius 1 is 1.05 bits per heavy atom. The number of rotatable bonds is 3. The Bertz CT molecular complexity index is 710. The minimum absolute atomic E-state index is 0.509. The monoisotopic (exact) mass is 296 g/mol. The van der Waals surface area contributed by atoms with E-state index in [9.17, 15) is 4.79 Å². The number of aromatic nitrogens is 1. The van der Waals surface area contributed by atoms with Crippen molar-refractivity contribution in [2.45, 2.75) is 0 Å². The van der Waals surface area contributed by atoms with E-state index in [1.165, 1.54) is 0 Å². The van der Waals surface area contributed by atoms with Crippen molar-refractivity contribution in [2.75, 3.05) is 5.32 Å². The highest BCUT2D eigenvalue weighted by molar-refractivity contribution is 7.13. The van der Waals surface area contributed by atoms with Crippen LogP contribution in [0.25, 0.3) is 10.6 Å². The van der Waals surface area contributed by atoms with Gasteiger partial charge < -0.3 is 4.74 Å². The first-order valence-electron chi connectivity index (χ1n) is 6.35. The molecular weight excluding hydrogens is 284 g/mol. The van der Waals surface area contributed by atoms with Gasteiger partial charge in [0.25, 0.3) is 0 Å². The number of amides is 1. The van der Waals surface area contributed by atoms with Crippen molar-refractivity contribution < 1.29 is 9.53 Å². The lowest BCUT2D eigenvalue weighted by atomic mass is 10.2. The molecule has 0 atom stereocenters. The molecule has 0 unspecified atom stereocenters. The molecule has 0 bridgehead atoms. The van der Waals surface area contributed by atoms with Crippen molar-refractivity contribution in [3.05, 3.63) is 66.2 Å². The molecule has 0 saturated carbocycles. The highest BCUT2D eigenvalue weighted by Crippen LogP contribution is 2.23. The van der Waals surface area contributed by atoms with Crippen molar-refractivity contribution in [3.63, 3.8) is 0 Å². The van der Waals surface area contributed by atoms with Crippen LogP contribution in [0.5, 0.6) is 5.75 Å². The quantitative estimate of drug-likeness (QED) is 0.778. The van der Waals surface area contributed by atoms with Crippen LogP contribution in [0.15, 0.2) is 66.2 Å². The molecule has 3 rings (SSSR count). The van der Waals surface area contributed by atoms with Crippen LogP contribution in [0.2, 0.25) is 0 Å². The molecule has 4 nitrogen and oxygen atoms in total. The summed E-state index contributed by atoms with van der Waals surface area (Å²) in [5.74, 6) is 0.509. The van der Waals surface area contributed by atoms with Crippen LogP contribution in [0.4, 0.5) is 10.5 Å². The number of ether oxygens (including phenoxy) is 1. The molecule has 1 amide bonds. The minimum atomic E-state index is -0.511. The second kappa shape index (κ2) is 6.19. The molecule has 3 aromatic rings. The lowest BCUT2D eigenvalue weighted by molar-refractivity contribution is 0.215. The molecule has 21 heavy (non-hydrogen) atoms. The maximum Gasteiger partial charge on any atom is 0.417 e. The molecule has 0 aliphatic rings. The van der Waals surface area contributed by atoms with Crippen LogP contribution >= 0.6 is 11.3 Å². The summed E-state index contributed by atoms with van der Waals surface area (Å²) in [7, 11) is 0. The van der Waals surface area contributed by atoms with Gasteiger partial charge in [-0.15, -0.1) is 11.3 Å². The third kappa shape index (κ3) is 3.46. The number of nitrogens with one attached hydrogen (secondary N) is 1. The zero-order chi connectivity index (χ0) is 14.5. The lowest BCUT2D eigenvalue weighted by Crippen LogP contribution is -2.16. The molecule has 0 spiro atoms. The molecule has 1 N–H and O–H groups in total. The Morgan fingerprint density at radius 3 is 2.48 bits per heavy atom. The molecule has 2 aromatic carbocycles. The summed E-state index contributed by atoms with van der Waals surface area (Å²) >= 11 is 1.57. The second-order valence-electron chi connectivity index (χ2n) is 4.24. The maximum atomic E-state index is 11.8. The second-order valence-corrected chi connectivity index (χ2v) is 5.14. The normalized spacial score (nSPS) is 10.1. The fourth-order valence-electron chi connectivity index (χ4n) is 1.80. The SMILES string of the molecule is O=C(Nc1ccc(-c2nccs2)cc1)Oc1ccccc1. The van der Waals surface area contributed by atoms with E-state index in [0.29, 0.717) is 11.4 Å². The van der Waals surface area contributed by atoms with Crippen LogP contribution in [0.1, 0.15) is 0 Å². The molecule has 104 valence electrons. The molecular formula is C16H12N2O2S. The standard InChI is InChI=1S/C16H12N2O2S/c19-16(20-14-4-2-1-3-5-14)18-13-8-6-12(7-9-13)15-17-10-11-21-15/h1-11H,(H,18,19). The Kier molecular flexibility index (Phi) is 3.93. The van der Waals surface area contributed by atoms with Crippen molar-refractivity contribution in [3.8, 4) is 16.3 Å². The molecule has 1 heterocycles. The first kappa shape index (κ1) is 13.3. The smallest absolute Gasteiger partial charge is 0.410 e. The summed E-state index contributed by atoms with van der Waals surface area (Å²) < 4.78 is 5.16. The topological polar surface area (TPSA) is 51.2 Å². The van der Waals surface area contributed by atoms with Gasteiger partial charge in [-0.1, -0.05) is 18.2 Å². The van der Waals surface area contributed by atoms with Gasteiger partial charge in [-0.25, -0.2) is 9.78 Å². The molecule has 0 aliphatic heterocycles. The number of benzene rings is 2. The third-order valence-corrected chi connectivity index (χ3v) is 3.59. The fourth-order valence-corrected chi connectivity index (χ4v) is 2.45. The zero-order valence-electron chi connectivity index (χ0n) is 11.0. The summed E-state index contributed by atoms with van der Waals surface area (Å²) in [6.07, 6.45) is 1.26. The zero-order valence-corrected chi connectivity index (χ0v) is 11.8. The van der Waals surface area contributed by atoms with E-state index in [4.69, 9.17) is 4.74 Å². The number of hydrogen-bond acceptors (Lipinski definition) is 4. The Labute approximate surface area is 126 Å². The molecule has 5 heteroatoms. The van der Waals surface area contributed by atoms with Crippen LogP contribution < -0.4 is 10.1 Å². The van der Waals surface area contributed by atoms with E-state index in [2.05, 4.69) is 10.3 Å². The van der Waals surface area contributed by atoms with Gasteiger partial charge in [0.15, 0.2) is 0 Å². The van der Waals surface area contributed by atoms with Crippen molar-refractivity contribution in [1.82, 2.24) is 4.98 Å². The lowest BCUT2D eigenvalue weighted by Gasteiger charge is -2.06. The van der Waals surface area contributed by atoms with E-state index in [0.717, 1.165) is 10.6 Å². The van der Waals surface area contributed by atoms with Gasteiger partial charge in [-0.2, -0.15) is 0 Å². The number of anilines is 1. The van der Waals surface area contributed by atoms with Crippen molar-refractivity contribution in [1.29, 1.82) is 0 Å². The van der Waals surface area contributed by atoms with E-state index in [-0.39, 0.29) is 0 Å². The van der Waals surface area contributed by atoms with Crippen LogP contribution in [0.3, 0.4) is 0 Å². The first-order valence-corrected chi connectivity index (χ1v) is 7.23. The van der Waals surface area contributed by atoms with Gasteiger partial charge in [-0.3, -0.25) is 5.32 Å². The number of hydrogen-bond donors (Lipinski definition) is 1. The van der Waals surface area contributed by atoms with Gasteiger partial charge in [-0.05, 0) is 36.4 Å².